The van der Waals surface area contributed by atoms with Crippen LogP contribution < -0.4 is 9.47 Å². The van der Waals surface area contributed by atoms with Gasteiger partial charge in [0.25, 0.3) is 0 Å². The molecule has 0 bridgehead atoms. The molecular formula is C22H18N4O2S. The van der Waals surface area contributed by atoms with Gasteiger partial charge in [0.1, 0.15) is 17.2 Å². The first-order valence-electron chi connectivity index (χ1n) is 8.93. The van der Waals surface area contributed by atoms with Gasteiger partial charge in [-0.3, -0.25) is 0 Å². The molecule has 0 radical (unpaired) electrons. The van der Waals surface area contributed by atoms with Crippen molar-refractivity contribution >= 4 is 18.4 Å². The molecule has 1 N–H and O–H groups in total. The van der Waals surface area contributed by atoms with Crippen molar-refractivity contribution in [1.82, 2.24) is 14.9 Å². The van der Waals surface area contributed by atoms with E-state index >= 15 is 0 Å². The van der Waals surface area contributed by atoms with Gasteiger partial charge in [-0.05, 0) is 54.2 Å². The molecule has 0 fully saturated rings. The van der Waals surface area contributed by atoms with E-state index < -0.39 is 0 Å². The Balaban J connectivity index is 1.63. The Morgan fingerprint density at radius 1 is 0.966 bits per heavy atom. The number of H-pyrrole nitrogens is 1. The van der Waals surface area contributed by atoms with Crippen LogP contribution in [0.25, 0.3) is 11.4 Å². The summed E-state index contributed by atoms with van der Waals surface area (Å²) >= 11 is 5.35. The predicted molar refractivity (Wildman–Crippen MR) is 115 cm³/mol. The first-order valence-corrected chi connectivity index (χ1v) is 9.33. The predicted octanol–water partition coefficient (Wildman–Crippen LogP) is 5.29. The number of benzene rings is 3. The summed E-state index contributed by atoms with van der Waals surface area (Å²) in [5, 5.41) is 11.6. The van der Waals surface area contributed by atoms with Crippen LogP contribution >= 0.6 is 12.2 Å². The normalized spacial score (nSPS) is 10.9. The third-order valence-electron chi connectivity index (χ3n) is 4.16. The van der Waals surface area contributed by atoms with Crippen molar-refractivity contribution in [3.05, 3.63) is 89.2 Å². The molecule has 1 heterocycles. The highest BCUT2D eigenvalue weighted by atomic mass is 32.1. The summed E-state index contributed by atoms with van der Waals surface area (Å²) in [5.41, 5.74) is 1.66. The van der Waals surface area contributed by atoms with E-state index in [0.717, 1.165) is 22.6 Å². The molecule has 3 aromatic carbocycles. The summed E-state index contributed by atoms with van der Waals surface area (Å²) in [6.07, 6.45) is 1.71. The van der Waals surface area contributed by atoms with Gasteiger partial charge in [-0.1, -0.05) is 42.5 Å². The summed E-state index contributed by atoms with van der Waals surface area (Å²) in [6, 6.07) is 24.9. The van der Waals surface area contributed by atoms with Gasteiger partial charge >= 0.3 is 0 Å². The molecule has 0 spiro atoms. The summed E-state index contributed by atoms with van der Waals surface area (Å²) in [7, 11) is 1.62. The fourth-order valence-electron chi connectivity index (χ4n) is 2.81. The summed E-state index contributed by atoms with van der Waals surface area (Å²) < 4.78 is 13.3. The van der Waals surface area contributed by atoms with Crippen molar-refractivity contribution in [3.8, 4) is 28.6 Å². The highest BCUT2D eigenvalue weighted by Crippen LogP contribution is 2.28. The van der Waals surface area contributed by atoms with Crippen LogP contribution in [0, 0.1) is 4.77 Å². The van der Waals surface area contributed by atoms with Crippen molar-refractivity contribution in [2.24, 2.45) is 5.10 Å². The van der Waals surface area contributed by atoms with Crippen molar-refractivity contribution in [3.63, 3.8) is 0 Å². The lowest BCUT2D eigenvalue weighted by molar-refractivity contribution is 0.416. The molecule has 0 aliphatic rings. The number of rotatable bonds is 6. The van der Waals surface area contributed by atoms with Gasteiger partial charge in [0, 0.05) is 0 Å². The van der Waals surface area contributed by atoms with Crippen molar-refractivity contribution in [2.75, 3.05) is 7.11 Å². The maximum atomic E-state index is 5.88. The number of aromatic nitrogens is 3. The Morgan fingerprint density at radius 2 is 1.72 bits per heavy atom. The van der Waals surface area contributed by atoms with E-state index in [0.29, 0.717) is 16.3 Å². The molecule has 6 nitrogen and oxygen atoms in total. The van der Waals surface area contributed by atoms with Crippen molar-refractivity contribution in [2.45, 2.75) is 0 Å². The number of methoxy groups -OCH3 is 1. The van der Waals surface area contributed by atoms with Gasteiger partial charge in [-0.2, -0.15) is 14.9 Å². The number of nitrogens with zero attached hydrogens (tertiary/aromatic N) is 3. The Morgan fingerprint density at radius 3 is 2.55 bits per heavy atom. The topological polar surface area (TPSA) is 64.4 Å². The van der Waals surface area contributed by atoms with Crippen LogP contribution in [0.15, 0.2) is 84.0 Å². The molecule has 0 saturated carbocycles. The van der Waals surface area contributed by atoms with Gasteiger partial charge in [0.05, 0.1) is 18.9 Å². The molecule has 0 amide bonds. The van der Waals surface area contributed by atoms with E-state index in [1.807, 2.05) is 78.9 Å². The molecule has 0 saturated heterocycles. The Kier molecular flexibility index (Phi) is 5.49. The lowest BCUT2D eigenvalue weighted by Crippen LogP contribution is -1.97. The smallest absolute Gasteiger partial charge is 0.216 e. The fourth-order valence-corrected chi connectivity index (χ4v) is 2.99. The van der Waals surface area contributed by atoms with E-state index in [1.165, 1.54) is 0 Å². The van der Waals surface area contributed by atoms with Crippen LogP contribution in [0.3, 0.4) is 0 Å². The third-order valence-corrected chi connectivity index (χ3v) is 4.42. The zero-order chi connectivity index (χ0) is 20.1. The molecule has 29 heavy (non-hydrogen) atoms. The number of hydrogen-bond donors (Lipinski definition) is 1. The molecule has 0 aliphatic carbocycles. The van der Waals surface area contributed by atoms with Gasteiger partial charge in [-0.15, -0.1) is 0 Å². The molecular weight excluding hydrogens is 384 g/mol. The van der Waals surface area contributed by atoms with Crippen LogP contribution in [0.4, 0.5) is 0 Å². The standard InChI is InChI=1S/C22H18N4O2S/c1-27-20-13-6-5-12-19(20)21-24-25-22(29)26(21)23-15-16-8-7-11-18(14-16)28-17-9-3-2-4-10-17/h2-15H,1H3,(H,25,29). The van der Waals surface area contributed by atoms with Gasteiger partial charge in [-0.25, -0.2) is 5.10 Å². The van der Waals surface area contributed by atoms with E-state index in [9.17, 15) is 0 Å². The first-order chi connectivity index (χ1) is 14.2. The maximum Gasteiger partial charge on any atom is 0.216 e. The molecule has 0 atom stereocenters. The average molecular weight is 402 g/mol. The second-order valence-corrected chi connectivity index (χ2v) is 6.48. The summed E-state index contributed by atoms with van der Waals surface area (Å²) in [6.45, 7) is 0. The minimum Gasteiger partial charge on any atom is -0.496 e. The Hall–Kier alpha value is -3.71. The molecule has 4 rings (SSSR count). The van der Waals surface area contributed by atoms with Gasteiger partial charge in [0.2, 0.25) is 4.77 Å². The number of nitrogens with one attached hydrogen (secondary N) is 1. The zero-order valence-electron chi connectivity index (χ0n) is 15.6. The molecule has 0 aliphatic heterocycles. The second kappa shape index (κ2) is 8.53. The lowest BCUT2D eigenvalue weighted by atomic mass is 10.2. The Labute approximate surface area is 173 Å². The zero-order valence-corrected chi connectivity index (χ0v) is 16.5. The van der Waals surface area contributed by atoms with E-state index in [2.05, 4.69) is 15.3 Å². The largest absolute Gasteiger partial charge is 0.496 e. The fraction of sp³-hybridized carbons (Fsp3) is 0.0455. The lowest BCUT2D eigenvalue weighted by Gasteiger charge is -2.07. The number of hydrogen-bond acceptors (Lipinski definition) is 5. The maximum absolute atomic E-state index is 5.88. The van der Waals surface area contributed by atoms with Gasteiger partial charge < -0.3 is 9.47 Å². The van der Waals surface area contributed by atoms with Crippen LogP contribution in [0.5, 0.6) is 17.2 Å². The molecule has 144 valence electrons. The second-order valence-electron chi connectivity index (χ2n) is 6.10. The summed E-state index contributed by atoms with van der Waals surface area (Å²) in [4.78, 5) is 0. The molecule has 4 aromatic rings. The summed E-state index contributed by atoms with van der Waals surface area (Å²) in [5.74, 6) is 2.76. The number of ether oxygens (including phenoxy) is 2. The minimum atomic E-state index is 0.388. The highest BCUT2D eigenvalue weighted by Gasteiger charge is 2.12. The highest BCUT2D eigenvalue weighted by molar-refractivity contribution is 7.71. The quantitative estimate of drug-likeness (QED) is 0.351. The van der Waals surface area contributed by atoms with E-state index in [1.54, 1.807) is 18.0 Å². The molecule has 1 aromatic heterocycles. The minimum absolute atomic E-state index is 0.388. The van der Waals surface area contributed by atoms with Crippen LogP contribution in [0.1, 0.15) is 5.56 Å². The van der Waals surface area contributed by atoms with Crippen LogP contribution in [0.2, 0.25) is 0 Å². The molecule has 7 heteroatoms. The van der Waals surface area contributed by atoms with E-state index in [-0.39, 0.29) is 0 Å². The van der Waals surface area contributed by atoms with Crippen LogP contribution in [-0.4, -0.2) is 28.2 Å². The van der Waals surface area contributed by atoms with Crippen molar-refractivity contribution in [1.29, 1.82) is 0 Å². The third kappa shape index (κ3) is 4.25. The average Bonchev–Trinajstić information content (AvgIpc) is 3.13. The monoisotopic (exact) mass is 402 g/mol. The first kappa shape index (κ1) is 18.6. The van der Waals surface area contributed by atoms with Gasteiger partial charge in [0.15, 0.2) is 5.82 Å². The van der Waals surface area contributed by atoms with Crippen LogP contribution in [-0.2, 0) is 0 Å². The van der Waals surface area contributed by atoms with E-state index in [4.69, 9.17) is 21.7 Å². The van der Waals surface area contributed by atoms with Crippen molar-refractivity contribution < 1.29 is 9.47 Å². The SMILES string of the molecule is COc1ccccc1-c1n[nH]c(=S)n1N=Cc1cccc(Oc2ccccc2)c1. The Bertz CT molecular complexity index is 1200. The number of para-hydroxylation sites is 2. The molecule has 0 unspecified atom stereocenters. The number of aromatic amines is 1.